The number of nitrogens with one attached hydrogen (secondary N) is 1. The third-order valence-corrected chi connectivity index (χ3v) is 4.66. The van der Waals surface area contributed by atoms with Crippen LogP contribution in [0.4, 0.5) is 0 Å². The lowest BCUT2D eigenvalue weighted by Crippen LogP contribution is -2.57. The van der Waals surface area contributed by atoms with Gasteiger partial charge in [-0.05, 0) is 39.8 Å². The number of fused-ring (bicyclic) bond motifs is 3. The molecule has 3 saturated heterocycles. The predicted octanol–water partition coefficient (Wildman–Crippen LogP) is 1.87. The first kappa shape index (κ1) is 17.1. The largest absolute Gasteiger partial charge is 0.494 e. The van der Waals surface area contributed by atoms with Crippen molar-refractivity contribution in [2.75, 3.05) is 6.54 Å². The highest BCUT2D eigenvalue weighted by Gasteiger charge is 2.60. The molecule has 0 aromatic carbocycles. The summed E-state index contributed by atoms with van der Waals surface area (Å²) in [6.45, 7) is 7.82. The summed E-state index contributed by atoms with van der Waals surface area (Å²) in [6, 6.07) is 0. The third-order valence-electron chi connectivity index (χ3n) is 4.66. The number of aliphatic hydroxyl groups is 1. The molecule has 3 heterocycles. The average Bonchev–Trinajstić information content (AvgIpc) is 3.19. The van der Waals surface area contributed by atoms with Crippen molar-refractivity contribution in [1.82, 2.24) is 5.32 Å². The second-order valence-electron chi connectivity index (χ2n) is 7.61. The minimum Gasteiger partial charge on any atom is -0.494 e. The molecule has 138 valence electrons. The van der Waals surface area contributed by atoms with Crippen molar-refractivity contribution < 1.29 is 28.8 Å². The van der Waals surface area contributed by atoms with E-state index >= 15 is 0 Å². The van der Waals surface area contributed by atoms with Gasteiger partial charge in [0.25, 0.3) is 0 Å². The number of aliphatic hydroxyl groups excluding tert-OH is 1. The van der Waals surface area contributed by atoms with Gasteiger partial charge in [0.1, 0.15) is 24.4 Å². The fraction of sp³-hybridized carbons (Fsp3) is 0.667. The lowest BCUT2D eigenvalue weighted by molar-refractivity contribution is -0.232. The molecule has 0 amide bonds. The van der Waals surface area contributed by atoms with Gasteiger partial charge in [0, 0.05) is 12.1 Å². The van der Waals surface area contributed by atoms with E-state index in [1.54, 1.807) is 0 Å². The van der Waals surface area contributed by atoms with Gasteiger partial charge in [-0.3, -0.25) is 0 Å². The predicted molar refractivity (Wildman–Crippen MR) is 88.5 cm³/mol. The van der Waals surface area contributed by atoms with Gasteiger partial charge in [-0.2, -0.15) is 0 Å². The van der Waals surface area contributed by atoms with Gasteiger partial charge >= 0.3 is 0 Å². The Morgan fingerprint density at radius 2 is 1.56 bits per heavy atom. The van der Waals surface area contributed by atoms with Crippen molar-refractivity contribution in [3.8, 4) is 0 Å². The van der Waals surface area contributed by atoms with Gasteiger partial charge in [-0.1, -0.05) is 12.2 Å². The topological polar surface area (TPSA) is 78.4 Å². The van der Waals surface area contributed by atoms with E-state index in [1.807, 2.05) is 52.0 Å². The van der Waals surface area contributed by atoms with Crippen LogP contribution in [0.25, 0.3) is 0 Å². The molecule has 0 aromatic heterocycles. The molecular weight excluding hydrogens is 326 g/mol. The Hall–Kier alpha value is -1.38. The molecule has 3 fully saturated rings. The lowest BCUT2D eigenvalue weighted by Gasteiger charge is -2.37. The molecule has 7 heteroatoms. The van der Waals surface area contributed by atoms with Crippen LogP contribution >= 0.6 is 0 Å². The maximum Gasteiger partial charge on any atom is 0.191 e. The van der Waals surface area contributed by atoms with E-state index in [-0.39, 0.29) is 30.3 Å². The summed E-state index contributed by atoms with van der Waals surface area (Å²) < 4.78 is 30.0. The Morgan fingerprint density at radius 3 is 2.28 bits per heavy atom. The molecule has 7 nitrogen and oxygen atoms in total. The van der Waals surface area contributed by atoms with Crippen LogP contribution in [-0.4, -0.2) is 53.9 Å². The summed E-state index contributed by atoms with van der Waals surface area (Å²) in [4.78, 5) is 0. The van der Waals surface area contributed by atoms with Gasteiger partial charge in [-0.15, -0.1) is 0 Å². The smallest absolute Gasteiger partial charge is 0.191 e. The Morgan fingerprint density at radius 1 is 0.960 bits per heavy atom. The van der Waals surface area contributed by atoms with Crippen molar-refractivity contribution in [3.05, 3.63) is 35.8 Å². The molecule has 1 aliphatic carbocycles. The lowest BCUT2D eigenvalue weighted by atomic mass is 9.99. The maximum absolute atomic E-state index is 10.2. The van der Waals surface area contributed by atoms with Gasteiger partial charge in [0.05, 0.1) is 0 Å². The number of rotatable bonds is 3. The van der Waals surface area contributed by atoms with Gasteiger partial charge in [0.2, 0.25) is 0 Å². The molecule has 4 rings (SSSR count). The fourth-order valence-corrected chi connectivity index (χ4v) is 3.69. The van der Waals surface area contributed by atoms with Gasteiger partial charge in [-0.25, -0.2) is 0 Å². The molecule has 25 heavy (non-hydrogen) atoms. The summed E-state index contributed by atoms with van der Waals surface area (Å²) in [5, 5.41) is 13.2. The normalized spacial score (nSPS) is 40.2. The highest BCUT2D eigenvalue weighted by atomic mass is 16.9. The molecule has 5 atom stereocenters. The Bertz CT molecular complexity index is 623. The monoisotopic (exact) mass is 351 g/mol. The highest BCUT2D eigenvalue weighted by Crippen LogP contribution is 2.43. The van der Waals surface area contributed by atoms with Crippen LogP contribution in [0.15, 0.2) is 35.8 Å². The number of ether oxygens (including phenoxy) is 5. The zero-order valence-corrected chi connectivity index (χ0v) is 14.9. The second-order valence-corrected chi connectivity index (χ2v) is 7.61. The summed E-state index contributed by atoms with van der Waals surface area (Å²) in [6.07, 6.45) is 5.59. The van der Waals surface area contributed by atoms with E-state index in [2.05, 4.69) is 5.32 Å². The summed E-state index contributed by atoms with van der Waals surface area (Å²) >= 11 is 0. The van der Waals surface area contributed by atoms with Crippen LogP contribution in [0.3, 0.4) is 0 Å². The first-order chi connectivity index (χ1) is 11.7. The minimum absolute atomic E-state index is 0.106. The van der Waals surface area contributed by atoms with Crippen molar-refractivity contribution in [3.63, 3.8) is 0 Å². The molecule has 3 aliphatic heterocycles. The van der Waals surface area contributed by atoms with Crippen molar-refractivity contribution >= 4 is 0 Å². The Kier molecular flexibility index (Phi) is 3.97. The summed E-state index contributed by atoms with van der Waals surface area (Å²) in [5.74, 6) is -1.35. The minimum atomic E-state index is -0.734. The Labute approximate surface area is 147 Å². The van der Waals surface area contributed by atoms with E-state index in [0.29, 0.717) is 6.54 Å². The first-order valence-corrected chi connectivity index (χ1v) is 8.63. The molecular formula is C18H25NO6. The fourth-order valence-electron chi connectivity index (χ4n) is 3.69. The quantitative estimate of drug-likeness (QED) is 0.752. The van der Waals surface area contributed by atoms with Crippen molar-refractivity contribution in [1.29, 1.82) is 0 Å². The van der Waals surface area contributed by atoms with Crippen LogP contribution < -0.4 is 5.32 Å². The SMILES string of the molecule is CC1(C)O[C@H]2[C@@H](O1)[C@@H](CNC(O)=C1C=CC=C1)O[C@@H]1OC(C)(C)O[C@@H]12. The molecule has 0 spiro atoms. The molecule has 0 bridgehead atoms. The van der Waals surface area contributed by atoms with E-state index in [4.69, 9.17) is 23.7 Å². The van der Waals surface area contributed by atoms with E-state index < -0.39 is 17.9 Å². The van der Waals surface area contributed by atoms with Crippen LogP contribution in [0.2, 0.25) is 0 Å². The first-order valence-electron chi connectivity index (χ1n) is 8.63. The van der Waals surface area contributed by atoms with Crippen molar-refractivity contribution in [2.24, 2.45) is 0 Å². The zero-order valence-electron chi connectivity index (χ0n) is 14.9. The van der Waals surface area contributed by atoms with Crippen molar-refractivity contribution in [2.45, 2.75) is 70.0 Å². The van der Waals surface area contributed by atoms with Gasteiger partial charge in [0.15, 0.2) is 23.7 Å². The summed E-state index contributed by atoms with van der Waals surface area (Å²) in [7, 11) is 0. The molecule has 2 N–H and O–H groups in total. The van der Waals surface area contributed by atoms with Crippen LogP contribution in [0, 0.1) is 0 Å². The van der Waals surface area contributed by atoms with Crippen LogP contribution in [0.5, 0.6) is 0 Å². The number of hydrogen-bond acceptors (Lipinski definition) is 7. The highest BCUT2D eigenvalue weighted by molar-refractivity contribution is 5.41. The number of allylic oxidation sites excluding steroid dienone is 5. The average molecular weight is 351 g/mol. The molecule has 0 radical (unpaired) electrons. The van der Waals surface area contributed by atoms with E-state index in [1.165, 1.54) is 0 Å². The molecule has 0 unspecified atom stereocenters. The van der Waals surface area contributed by atoms with Crippen LogP contribution in [-0.2, 0) is 23.7 Å². The molecule has 4 aliphatic rings. The van der Waals surface area contributed by atoms with Crippen LogP contribution in [0.1, 0.15) is 27.7 Å². The van der Waals surface area contributed by atoms with Gasteiger partial charge < -0.3 is 34.1 Å². The molecule has 0 saturated carbocycles. The van der Waals surface area contributed by atoms with E-state index in [9.17, 15) is 5.11 Å². The van der Waals surface area contributed by atoms with E-state index in [0.717, 1.165) is 5.57 Å². The zero-order chi connectivity index (χ0) is 17.8. The summed E-state index contributed by atoms with van der Waals surface area (Å²) in [5.41, 5.74) is 0.732. The number of hydrogen-bond donors (Lipinski definition) is 2. The standard InChI is InChI=1S/C18H25NO6/c1-17(2)22-12-11(9-19-15(20)10-7-5-6-8-10)21-16-14(13(12)23-17)24-18(3,4)25-16/h5-8,11-14,16,19-20H,9H2,1-4H3/t11-,12+,13+,14-,16-/m1/s1. The maximum atomic E-state index is 10.2. The second kappa shape index (κ2) is 5.82. The third kappa shape index (κ3) is 3.22. The Balaban J connectivity index is 1.51. The molecule has 0 aromatic rings.